The Morgan fingerprint density at radius 1 is 1.15 bits per heavy atom. The van der Waals surface area contributed by atoms with Gasteiger partial charge in [-0.25, -0.2) is 0 Å². The topological polar surface area (TPSA) is 61.1 Å². The lowest BCUT2D eigenvalue weighted by Crippen LogP contribution is -2.43. The maximum Gasteiger partial charge on any atom is 0.262 e. The summed E-state index contributed by atoms with van der Waals surface area (Å²) in [6.07, 6.45) is -0.429. The zero-order chi connectivity index (χ0) is 19.1. The van der Waals surface area contributed by atoms with Crippen molar-refractivity contribution in [1.29, 1.82) is 5.26 Å². The van der Waals surface area contributed by atoms with Gasteiger partial charge < -0.3 is 9.88 Å². The van der Waals surface area contributed by atoms with Crippen LogP contribution < -0.4 is 10.2 Å². The van der Waals surface area contributed by atoms with E-state index in [0.717, 1.165) is 22.6 Å². The number of rotatable bonds is 2. The zero-order valence-corrected chi connectivity index (χ0v) is 15.7. The number of anilines is 2. The number of benzene rings is 2. The number of halogens is 1. The molecule has 0 radical (unpaired) electrons. The summed E-state index contributed by atoms with van der Waals surface area (Å²) in [5.41, 5.74) is 4.48. The highest BCUT2D eigenvalue weighted by molar-refractivity contribution is 6.30. The van der Waals surface area contributed by atoms with Crippen LogP contribution in [0.4, 0.5) is 11.4 Å². The van der Waals surface area contributed by atoms with Crippen LogP contribution in [0.5, 0.6) is 0 Å². The molecule has 0 aliphatic carbocycles. The van der Waals surface area contributed by atoms with E-state index in [1.54, 1.807) is 17.0 Å². The molecule has 6 heteroatoms. The summed E-state index contributed by atoms with van der Waals surface area (Å²) in [6.45, 7) is 1.95. The van der Waals surface area contributed by atoms with Gasteiger partial charge in [0.15, 0.2) is 0 Å². The highest BCUT2D eigenvalue weighted by atomic mass is 35.5. The monoisotopic (exact) mass is 376 g/mol. The molecular formula is C21H17ClN4O. The van der Waals surface area contributed by atoms with Crippen LogP contribution in [0.2, 0.25) is 5.02 Å². The van der Waals surface area contributed by atoms with Crippen LogP contribution in [-0.4, -0.2) is 10.5 Å². The molecule has 0 fully saturated rings. The lowest BCUT2D eigenvalue weighted by atomic mass is 10.0. The van der Waals surface area contributed by atoms with Crippen molar-refractivity contribution in [3.05, 3.63) is 82.1 Å². The zero-order valence-electron chi connectivity index (χ0n) is 14.9. The van der Waals surface area contributed by atoms with Crippen molar-refractivity contribution in [3.63, 3.8) is 0 Å². The number of aromatic nitrogens is 1. The third-order valence-electron chi connectivity index (χ3n) is 5.02. The summed E-state index contributed by atoms with van der Waals surface area (Å²) in [5.74, 6) is -0.0987. The second kappa shape index (κ2) is 6.49. The van der Waals surface area contributed by atoms with Gasteiger partial charge >= 0.3 is 0 Å². The van der Waals surface area contributed by atoms with E-state index < -0.39 is 6.17 Å². The van der Waals surface area contributed by atoms with Crippen molar-refractivity contribution < 1.29 is 4.79 Å². The van der Waals surface area contributed by atoms with E-state index in [2.05, 4.69) is 11.4 Å². The summed E-state index contributed by atoms with van der Waals surface area (Å²) in [4.78, 5) is 15.1. The Hall–Kier alpha value is -3.23. The van der Waals surface area contributed by atoms with Crippen LogP contribution in [-0.2, 0) is 7.05 Å². The largest absolute Gasteiger partial charge is 0.360 e. The molecule has 4 rings (SSSR count). The van der Waals surface area contributed by atoms with E-state index in [9.17, 15) is 10.1 Å². The number of hydrogen-bond acceptors (Lipinski definition) is 3. The van der Waals surface area contributed by atoms with Crippen LogP contribution in [0.3, 0.4) is 0 Å². The summed E-state index contributed by atoms with van der Waals surface area (Å²) in [5, 5.41) is 13.5. The molecule has 2 aromatic carbocycles. The third-order valence-corrected chi connectivity index (χ3v) is 5.27. The minimum atomic E-state index is -0.429. The molecule has 0 spiro atoms. The van der Waals surface area contributed by atoms with Gasteiger partial charge in [0.2, 0.25) is 0 Å². The standard InChI is InChI=1S/C21H17ClN4O/c1-13-18(11-16(12-23)25(13)2)20-24-19-6-4-3-5-17(19)21(27)26(20)15-9-7-14(22)8-10-15/h3-11,20,24H,1-2H3/t20-/m1/s1. The number of carbonyl (C=O) groups is 1. The number of para-hydroxylation sites is 1. The molecule has 2 heterocycles. The maximum absolute atomic E-state index is 13.3. The van der Waals surface area contributed by atoms with E-state index in [4.69, 9.17) is 11.6 Å². The molecule has 5 nitrogen and oxygen atoms in total. The average molecular weight is 377 g/mol. The van der Waals surface area contributed by atoms with Gasteiger partial charge in [-0.1, -0.05) is 23.7 Å². The molecule has 1 aromatic heterocycles. The molecule has 134 valence electrons. The maximum atomic E-state index is 13.3. The van der Waals surface area contributed by atoms with Crippen molar-refractivity contribution in [2.45, 2.75) is 13.1 Å². The van der Waals surface area contributed by atoms with Gasteiger partial charge in [-0.2, -0.15) is 5.26 Å². The quantitative estimate of drug-likeness (QED) is 0.709. The molecule has 0 saturated carbocycles. The molecule has 1 aliphatic rings. The molecule has 1 atom stereocenters. The van der Waals surface area contributed by atoms with Crippen molar-refractivity contribution in [2.24, 2.45) is 7.05 Å². The van der Waals surface area contributed by atoms with E-state index in [-0.39, 0.29) is 5.91 Å². The Morgan fingerprint density at radius 3 is 2.52 bits per heavy atom. The minimum Gasteiger partial charge on any atom is -0.360 e. The van der Waals surface area contributed by atoms with Gasteiger partial charge in [0.25, 0.3) is 5.91 Å². The van der Waals surface area contributed by atoms with Gasteiger partial charge in [0.05, 0.1) is 5.56 Å². The first-order valence-electron chi connectivity index (χ1n) is 8.52. The van der Waals surface area contributed by atoms with Crippen molar-refractivity contribution >= 4 is 28.9 Å². The van der Waals surface area contributed by atoms with E-state index in [1.807, 2.05) is 61.0 Å². The van der Waals surface area contributed by atoms with Crippen LogP contribution >= 0.6 is 11.6 Å². The molecule has 1 N–H and O–H groups in total. The Balaban J connectivity index is 1.91. The normalized spacial score (nSPS) is 15.9. The number of nitriles is 1. The fourth-order valence-corrected chi connectivity index (χ4v) is 3.57. The number of nitrogens with zero attached hydrogens (tertiary/aromatic N) is 3. The Kier molecular flexibility index (Phi) is 4.14. The Labute approximate surface area is 162 Å². The van der Waals surface area contributed by atoms with Gasteiger partial charge in [-0.05, 0) is 49.4 Å². The SMILES string of the molecule is Cc1c([C@@H]2Nc3ccccc3C(=O)N2c2ccc(Cl)cc2)cc(C#N)n1C. The lowest BCUT2D eigenvalue weighted by Gasteiger charge is -2.38. The van der Waals surface area contributed by atoms with Crippen molar-refractivity contribution in [2.75, 3.05) is 10.2 Å². The molecule has 3 aromatic rings. The molecule has 27 heavy (non-hydrogen) atoms. The van der Waals surface area contributed by atoms with Gasteiger partial charge in [0, 0.05) is 34.7 Å². The highest BCUT2D eigenvalue weighted by Gasteiger charge is 2.35. The summed E-state index contributed by atoms with van der Waals surface area (Å²) >= 11 is 6.03. The predicted molar refractivity (Wildman–Crippen MR) is 106 cm³/mol. The van der Waals surface area contributed by atoms with Crippen LogP contribution in [0.25, 0.3) is 0 Å². The van der Waals surface area contributed by atoms with E-state index in [1.165, 1.54) is 0 Å². The number of carbonyl (C=O) groups excluding carboxylic acids is 1. The number of nitrogens with one attached hydrogen (secondary N) is 1. The van der Waals surface area contributed by atoms with Gasteiger partial charge in [-0.3, -0.25) is 9.69 Å². The first-order chi connectivity index (χ1) is 13.0. The molecule has 0 saturated heterocycles. The van der Waals surface area contributed by atoms with Crippen LogP contribution in [0.15, 0.2) is 54.6 Å². The van der Waals surface area contributed by atoms with Gasteiger partial charge in [0.1, 0.15) is 17.9 Å². The first-order valence-corrected chi connectivity index (χ1v) is 8.90. The summed E-state index contributed by atoms with van der Waals surface area (Å²) in [6, 6.07) is 18.7. The molecule has 1 amide bonds. The van der Waals surface area contributed by atoms with Crippen molar-refractivity contribution in [3.8, 4) is 6.07 Å². The fraction of sp³-hybridized carbons (Fsp3) is 0.143. The fourth-order valence-electron chi connectivity index (χ4n) is 3.45. The summed E-state index contributed by atoms with van der Waals surface area (Å²) < 4.78 is 1.84. The minimum absolute atomic E-state index is 0.0987. The van der Waals surface area contributed by atoms with Crippen molar-refractivity contribution in [1.82, 2.24) is 4.57 Å². The Bertz CT molecular complexity index is 1080. The van der Waals surface area contributed by atoms with Gasteiger partial charge in [-0.15, -0.1) is 0 Å². The smallest absolute Gasteiger partial charge is 0.262 e. The lowest BCUT2D eigenvalue weighted by molar-refractivity contribution is 0.0975. The first kappa shape index (κ1) is 17.2. The molecule has 0 bridgehead atoms. The van der Waals surface area contributed by atoms with E-state index >= 15 is 0 Å². The number of hydrogen-bond donors (Lipinski definition) is 1. The third kappa shape index (κ3) is 2.75. The van der Waals surface area contributed by atoms with Crippen LogP contribution in [0, 0.1) is 18.3 Å². The molecular weight excluding hydrogens is 360 g/mol. The second-order valence-corrected chi connectivity index (χ2v) is 6.92. The molecule has 0 unspecified atom stereocenters. The molecule has 1 aliphatic heterocycles. The Morgan fingerprint density at radius 2 is 1.85 bits per heavy atom. The van der Waals surface area contributed by atoms with Crippen LogP contribution in [0.1, 0.15) is 33.5 Å². The second-order valence-electron chi connectivity index (χ2n) is 6.49. The van der Waals surface area contributed by atoms with E-state index in [0.29, 0.717) is 16.3 Å². The average Bonchev–Trinajstić information content (AvgIpc) is 2.97. The number of fused-ring (bicyclic) bond motifs is 1. The summed E-state index contributed by atoms with van der Waals surface area (Å²) in [7, 11) is 1.85. The predicted octanol–water partition coefficient (Wildman–Crippen LogP) is 4.63. The number of amides is 1. The highest BCUT2D eigenvalue weighted by Crippen LogP contribution is 2.38.